The second-order valence-electron chi connectivity index (χ2n) is 8.15. The van der Waals surface area contributed by atoms with Gasteiger partial charge in [-0.15, -0.1) is 16.4 Å². The minimum atomic E-state index is -0.249. The van der Waals surface area contributed by atoms with Gasteiger partial charge in [-0.3, -0.25) is 4.79 Å². The van der Waals surface area contributed by atoms with Crippen LogP contribution >= 0.6 is 22.7 Å². The molecule has 0 bridgehead atoms. The summed E-state index contributed by atoms with van der Waals surface area (Å²) in [7, 11) is 4.63. The van der Waals surface area contributed by atoms with E-state index in [0.717, 1.165) is 21.8 Å². The predicted molar refractivity (Wildman–Crippen MR) is 148 cm³/mol. The van der Waals surface area contributed by atoms with E-state index in [2.05, 4.69) is 10.1 Å². The van der Waals surface area contributed by atoms with Crippen LogP contribution in [0.25, 0.3) is 38.7 Å². The van der Waals surface area contributed by atoms with Crippen LogP contribution in [0.3, 0.4) is 0 Å². The molecular weight excluding hydrogens is 522 g/mol. The Hall–Kier alpha value is -4.48. The predicted octanol–water partition coefficient (Wildman–Crippen LogP) is 4.31. The van der Waals surface area contributed by atoms with Crippen molar-refractivity contribution in [2.75, 3.05) is 21.3 Å². The Labute approximate surface area is 224 Å². The van der Waals surface area contributed by atoms with Crippen LogP contribution in [0.2, 0.25) is 0 Å². The number of aromatic nitrogens is 5. The molecular formula is C27H21N5O4S2. The zero-order chi connectivity index (χ0) is 26.2. The van der Waals surface area contributed by atoms with Crippen molar-refractivity contribution in [1.82, 2.24) is 24.4 Å². The Kier molecular flexibility index (Phi) is 6.14. The van der Waals surface area contributed by atoms with Gasteiger partial charge in [0.2, 0.25) is 10.7 Å². The van der Waals surface area contributed by atoms with Crippen molar-refractivity contribution in [3.63, 3.8) is 0 Å². The van der Waals surface area contributed by atoms with Crippen molar-refractivity contribution >= 4 is 33.7 Å². The van der Waals surface area contributed by atoms with E-state index < -0.39 is 0 Å². The zero-order valence-corrected chi connectivity index (χ0v) is 22.2. The summed E-state index contributed by atoms with van der Waals surface area (Å²) in [5.41, 5.74) is 2.97. The Morgan fingerprint density at radius 3 is 2.32 bits per heavy atom. The van der Waals surface area contributed by atoms with Gasteiger partial charge in [-0.05, 0) is 41.8 Å². The topological polar surface area (TPSA) is 92.8 Å². The monoisotopic (exact) mass is 543 g/mol. The number of hydrogen-bond donors (Lipinski definition) is 0. The maximum absolute atomic E-state index is 13.3. The highest BCUT2D eigenvalue weighted by atomic mass is 32.1. The second-order valence-corrected chi connectivity index (χ2v) is 10.1. The summed E-state index contributed by atoms with van der Waals surface area (Å²) in [4.78, 5) is 19.5. The first-order valence-electron chi connectivity index (χ1n) is 11.5. The van der Waals surface area contributed by atoms with Crippen molar-refractivity contribution in [1.29, 1.82) is 0 Å². The van der Waals surface area contributed by atoms with E-state index >= 15 is 0 Å². The van der Waals surface area contributed by atoms with E-state index in [1.54, 1.807) is 44.8 Å². The molecule has 4 heterocycles. The molecule has 0 fully saturated rings. The number of benzene rings is 2. The lowest BCUT2D eigenvalue weighted by Crippen LogP contribution is -2.23. The van der Waals surface area contributed by atoms with E-state index in [-0.39, 0.29) is 5.56 Å². The fourth-order valence-corrected chi connectivity index (χ4v) is 5.75. The van der Waals surface area contributed by atoms with Crippen molar-refractivity contribution in [2.45, 2.75) is 0 Å². The number of thiazole rings is 1. The molecule has 0 saturated carbocycles. The molecule has 38 heavy (non-hydrogen) atoms. The largest absolute Gasteiger partial charge is 0.493 e. The lowest BCUT2D eigenvalue weighted by molar-refractivity contribution is 0.324. The first-order valence-corrected chi connectivity index (χ1v) is 13.2. The SMILES string of the molecule is COc1cc(-c2nc3sc(=Cc4cn(-c5ccccc5)nc4-c4cccs4)c(=O)n3n2)cc(OC)c1OC. The highest BCUT2D eigenvalue weighted by Gasteiger charge is 2.19. The van der Waals surface area contributed by atoms with Crippen LogP contribution in [0.4, 0.5) is 0 Å². The van der Waals surface area contributed by atoms with Crippen LogP contribution in [0, 0.1) is 0 Å². The van der Waals surface area contributed by atoms with Gasteiger partial charge >= 0.3 is 0 Å². The number of rotatable bonds is 7. The Morgan fingerprint density at radius 2 is 1.68 bits per heavy atom. The van der Waals surface area contributed by atoms with Crippen molar-refractivity contribution in [3.05, 3.63) is 86.6 Å². The number of para-hydroxylation sites is 1. The van der Waals surface area contributed by atoms with E-state index in [9.17, 15) is 4.79 Å². The summed E-state index contributed by atoms with van der Waals surface area (Å²) in [6.45, 7) is 0. The van der Waals surface area contributed by atoms with E-state index in [1.807, 2.05) is 64.8 Å². The number of ether oxygens (including phenoxy) is 3. The summed E-state index contributed by atoms with van der Waals surface area (Å²) >= 11 is 2.87. The summed E-state index contributed by atoms with van der Waals surface area (Å²) in [6.07, 6.45) is 3.78. The summed E-state index contributed by atoms with van der Waals surface area (Å²) < 4.78 is 19.9. The van der Waals surface area contributed by atoms with Gasteiger partial charge in [-0.2, -0.15) is 14.6 Å². The van der Waals surface area contributed by atoms with Crippen LogP contribution in [0.5, 0.6) is 17.2 Å². The summed E-state index contributed by atoms with van der Waals surface area (Å²) in [5, 5.41) is 11.3. The lowest BCUT2D eigenvalue weighted by atomic mass is 10.1. The minimum absolute atomic E-state index is 0.249. The van der Waals surface area contributed by atoms with Gasteiger partial charge in [0.15, 0.2) is 17.3 Å². The van der Waals surface area contributed by atoms with Gasteiger partial charge in [-0.25, -0.2) is 4.68 Å². The fourth-order valence-electron chi connectivity index (χ4n) is 4.12. The normalized spacial score (nSPS) is 11.8. The number of thiophene rings is 1. The molecule has 0 aliphatic rings. The molecule has 190 valence electrons. The smallest absolute Gasteiger partial charge is 0.291 e. The molecule has 0 aliphatic carbocycles. The van der Waals surface area contributed by atoms with Crippen LogP contribution in [-0.4, -0.2) is 45.7 Å². The summed E-state index contributed by atoms with van der Waals surface area (Å²) in [6, 6.07) is 17.4. The van der Waals surface area contributed by atoms with E-state index in [4.69, 9.17) is 19.3 Å². The van der Waals surface area contributed by atoms with Crippen molar-refractivity contribution in [2.24, 2.45) is 0 Å². The molecule has 0 aliphatic heterocycles. The number of nitrogens with zero attached hydrogens (tertiary/aromatic N) is 5. The fraction of sp³-hybridized carbons (Fsp3) is 0.111. The Bertz CT molecular complexity index is 1830. The highest BCUT2D eigenvalue weighted by Crippen LogP contribution is 2.40. The quantitative estimate of drug-likeness (QED) is 0.296. The molecule has 0 amide bonds. The average molecular weight is 544 g/mol. The van der Waals surface area contributed by atoms with E-state index in [0.29, 0.717) is 38.1 Å². The van der Waals surface area contributed by atoms with Crippen molar-refractivity contribution in [3.8, 4) is 44.9 Å². The summed E-state index contributed by atoms with van der Waals surface area (Å²) in [5.74, 6) is 1.81. The third-order valence-corrected chi connectivity index (χ3v) is 7.74. The maximum Gasteiger partial charge on any atom is 0.291 e. The molecule has 2 aromatic carbocycles. The molecule has 0 unspecified atom stereocenters. The number of fused-ring (bicyclic) bond motifs is 1. The van der Waals surface area contributed by atoms with Crippen molar-refractivity contribution < 1.29 is 14.2 Å². The Balaban J connectivity index is 1.45. The standard InChI is InChI=1S/C27H21N5O4S2/c1-34-19-12-16(13-20(35-2)24(19)36-3)25-28-27-32(30-25)26(33)22(38-27)14-17-15-31(18-8-5-4-6-9-18)29-23(17)21-10-7-11-37-21/h4-15H,1-3H3. The third-order valence-electron chi connectivity index (χ3n) is 5.91. The Morgan fingerprint density at radius 1 is 0.921 bits per heavy atom. The molecule has 9 nitrogen and oxygen atoms in total. The number of methoxy groups -OCH3 is 3. The molecule has 0 spiro atoms. The molecule has 11 heteroatoms. The average Bonchev–Trinajstić information content (AvgIpc) is 3.75. The van der Waals surface area contributed by atoms with Gasteiger partial charge in [0.25, 0.3) is 5.56 Å². The zero-order valence-electron chi connectivity index (χ0n) is 20.6. The van der Waals surface area contributed by atoms with E-state index in [1.165, 1.54) is 15.9 Å². The first-order chi connectivity index (χ1) is 18.6. The lowest BCUT2D eigenvalue weighted by Gasteiger charge is -2.12. The molecule has 6 aromatic rings. The third kappa shape index (κ3) is 4.11. The highest BCUT2D eigenvalue weighted by molar-refractivity contribution is 7.15. The molecule has 0 saturated heterocycles. The minimum Gasteiger partial charge on any atom is -0.493 e. The van der Waals surface area contributed by atoms with Crippen LogP contribution in [-0.2, 0) is 0 Å². The molecule has 6 rings (SSSR count). The van der Waals surface area contributed by atoms with Gasteiger partial charge < -0.3 is 14.2 Å². The maximum atomic E-state index is 13.3. The van der Waals surface area contributed by atoms with Crippen LogP contribution in [0.1, 0.15) is 5.56 Å². The molecule has 0 atom stereocenters. The molecule has 4 aromatic heterocycles. The second kappa shape index (κ2) is 9.77. The van der Waals surface area contributed by atoms with Gasteiger partial charge in [-0.1, -0.05) is 35.6 Å². The molecule has 0 N–H and O–H groups in total. The number of hydrogen-bond acceptors (Lipinski definition) is 9. The molecule has 0 radical (unpaired) electrons. The van der Waals surface area contributed by atoms with Gasteiger partial charge in [0.1, 0.15) is 5.69 Å². The van der Waals surface area contributed by atoms with Crippen LogP contribution < -0.4 is 24.3 Å². The first kappa shape index (κ1) is 23.9. The van der Waals surface area contributed by atoms with Crippen LogP contribution in [0.15, 0.2) is 71.0 Å². The van der Waals surface area contributed by atoms with Gasteiger partial charge in [0.05, 0.1) is 36.4 Å². The van der Waals surface area contributed by atoms with Gasteiger partial charge in [0, 0.05) is 17.3 Å².